The van der Waals surface area contributed by atoms with Gasteiger partial charge in [0.2, 0.25) is 21.1 Å². The van der Waals surface area contributed by atoms with Crippen molar-refractivity contribution in [1.82, 2.24) is 10.2 Å². The number of hydrogen-bond donors (Lipinski definition) is 0. The molecule has 0 atom stereocenters. The van der Waals surface area contributed by atoms with Crippen LogP contribution in [0, 0.1) is 0 Å². The molecule has 302 valence electrons. The first-order valence-corrected chi connectivity index (χ1v) is 23.6. The van der Waals surface area contributed by atoms with E-state index in [9.17, 15) is 17.3 Å². The number of aromatic nitrogens is 2. The molecule has 2 nitrogen and oxygen atoms in total. The molecule has 1 aliphatic carbocycles. The van der Waals surface area contributed by atoms with Gasteiger partial charge in [0.1, 0.15) is 0 Å². The van der Waals surface area contributed by atoms with Crippen LogP contribution < -0.4 is 0 Å². The Bertz CT molecular complexity index is 2450. The maximum Gasteiger partial charge on any atom is 0.673 e. The molecule has 6 aromatic rings. The zero-order valence-electron chi connectivity index (χ0n) is 32.5. The summed E-state index contributed by atoms with van der Waals surface area (Å²) in [5.41, 5.74) is 10.0. The van der Waals surface area contributed by atoms with Crippen LogP contribution in [0.25, 0.3) is 36.8 Å². The van der Waals surface area contributed by atoms with Crippen molar-refractivity contribution < 1.29 is 17.3 Å². The fourth-order valence-electron chi connectivity index (χ4n) is 6.47. The van der Waals surface area contributed by atoms with Gasteiger partial charge in [-0.3, -0.25) is 0 Å². The molecule has 0 N–H and O–H groups in total. The van der Waals surface area contributed by atoms with Gasteiger partial charge in [-0.2, -0.15) is 0 Å². The first kappa shape index (κ1) is 43.4. The zero-order chi connectivity index (χ0) is 41.7. The second-order valence-corrected chi connectivity index (χ2v) is 19.4. The van der Waals surface area contributed by atoms with Crippen LogP contribution in [0.3, 0.4) is 0 Å². The van der Waals surface area contributed by atoms with E-state index in [0.717, 1.165) is 33.7 Å². The lowest BCUT2D eigenvalue weighted by molar-refractivity contribution is 0.368. The minimum Gasteiger partial charge on any atom is -0.418 e. The molecule has 0 radical (unpaired) electrons. The smallest absolute Gasteiger partial charge is 0.418 e. The molecule has 4 aromatic carbocycles. The largest absolute Gasteiger partial charge is 0.673 e. The van der Waals surface area contributed by atoms with Gasteiger partial charge in [0.05, 0.1) is 0 Å². The normalized spacial score (nSPS) is 15.1. The first-order chi connectivity index (χ1) is 29.2. The van der Waals surface area contributed by atoms with Gasteiger partial charge in [0.25, 0.3) is 0 Å². The summed E-state index contributed by atoms with van der Waals surface area (Å²) in [5, 5.41) is 9.14. The topological polar surface area (TPSA) is 25.8 Å². The van der Waals surface area contributed by atoms with Gasteiger partial charge < -0.3 is 17.3 Å². The van der Waals surface area contributed by atoms with Crippen molar-refractivity contribution in [2.24, 2.45) is 0 Å². The summed E-state index contributed by atoms with van der Waals surface area (Å²) in [5.74, 6) is 0.984. The van der Waals surface area contributed by atoms with Gasteiger partial charge in [-0.25, -0.2) is 0 Å². The van der Waals surface area contributed by atoms with E-state index >= 15 is 0 Å². The number of hydrogen-bond acceptors (Lipinski definition) is 6. The van der Waals surface area contributed by atoms with Crippen molar-refractivity contribution in [2.45, 2.75) is 34.9 Å². The van der Waals surface area contributed by atoms with Crippen LogP contribution in [-0.4, -0.2) is 23.2 Å². The van der Waals surface area contributed by atoms with E-state index in [0.29, 0.717) is 0 Å². The third kappa shape index (κ3) is 12.7. The minimum atomic E-state index is -6.00. The van der Waals surface area contributed by atoms with Gasteiger partial charge in [-0.1, -0.05) is 175 Å². The minimum absolute atomic E-state index is 0.984. The van der Waals surface area contributed by atoms with Gasteiger partial charge in [-0.15, -0.1) is 10.2 Å². The fraction of sp³-hybridized carbons (Fsp3) is 0.104. The highest BCUT2D eigenvalue weighted by molar-refractivity contribution is 8.16. The second kappa shape index (κ2) is 21.2. The van der Waals surface area contributed by atoms with E-state index in [1.165, 1.54) is 69.0 Å². The molecule has 0 spiro atoms. The van der Waals surface area contributed by atoms with Crippen LogP contribution in [0.4, 0.5) is 17.3 Å². The summed E-state index contributed by atoms with van der Waals surface area (Å²) in [4.78, 5) is 6.32. The lowest BCUT2D eigenvalue weighted by atomic mass is 9.93. The van der Waals surface area contributed by atoms with Crippen molar-refractivity contribution in [3.05, 3.63) is 202 Å². The molecule has 8 rings (SSSR count). The molecular formula is C48H39BF4N2S5. The number of thioether (sulfide) groups is 3. The number of benzene rings is 4. The van der Waals surface area contributed by atoms with E-state index in [-0.39, 0.29) is 0 Å². The van der Waals surface area contributed by atoms with Crippen LogP contribution in [0.5, 0.6) is 0 Å². The van der Waals surface area contributed by atoms with E-state index in [4.69, 9.17) is 0 Å². The summed E-state index contributed by atoms with van der Waals surface area (Å²) < 4.78 is 41.0. The molecular weight excluding hydrogens is 852 g/mol. The van der Waals surface area contributed by atoms with Crippen molar-refractivity contribution in [2.75, 3.05) is 5.75 Å². The van der Waals surface area contributed by atoms with Crippen molar-refractivity contribution >= 4 is 81.1 Å². The van der Waals surface area contributed by atoms with E-state index in [1.807, 2.05) is 23.1 Å². The average Bonchev–Trinajstić information content (AvgIpc) is 3.72. The Kier molecular flexibility index (Phi) is 15.3. The van der Waals surface area contributed by atoms with Crippen LogP contribution in [-0.2, 0) is 0 Å². The van der Waals surface area contributed by atoms with E-state index in [2.05, 4.69) is 187 Å². The Morgan fingerprint density at radius 1 is 0.650 bits per heavy atom. The van der Waals surface area contributed by atoms with Crippen molar-refractivity contribution in [3.8, 4) is 20.9 Å². The van der Waals surface area contributed by atoms with Gasteiger partial charge >= 0.3 is 7.25 Å². The van der Waals surface area contributed by atoms with Gasteiger partial charge in [0, 0.05) is 38.0 Å². The highest BCUT2D eigenvalue weighted by Gasteiger charge is 2.22. The maximum atomic E-state index is 9.75. The van der Waals surface area contributed by atoms with Gasteiger partial charge in [-0.05, 0) is 94.8 Å². The van der Waals surface area contributed by atoms with Crippen LogP contribution in [0.2, 0.25) is 0 Å². The van der Waals surface area contributed by atoms with Gasteiger partial charge in [0.15, 0.2) is 8.68 Å². The maximum absolute atomic E-state index is 9.75. The molecule has 60 heavy (non-hydrogen) atoms. The molecule has 2 aliphatic rings. The highest BCUT2D eigenvalue weighted by atomic mass is 32.2. The lowest BCUT2D eigenvalue weighted by Crippen LogP contribution is -2.02. The van der Waals surface area contributed by atoms with E-state index in [1.54, 1.807) is 34.9 Å². The SMILES string of the molecule is CCSc1nnc(SC2=C(/C=C/c3cc(-c4ccccc4)[s+]c(-c4ccccc4)c3)CCC/C2=C\C=C2C=C(c3ccccc3)SC(c3ccccc3)=C2)s1.F[B-](F)(F)F. The summed E-state index contributed by atoms with van der Waals surface area (Å²) in [7, 11) is -6.00. The third-order valence-electron chi connectivity index (χ3n) is 9.14. The number of rotatable bonds is 11. The molecule has 12 heteroatoms. The molecule has 0 saturated heterocycles. The van der Waals surface area contributed by atoms with Crippen LogP contribution in [0.1, 0.15) is 42.9 Å². The Hall–Kier alpha value is -4.72. The lowest BCUT2D eigenvalue weighted by Gasteiger charge is -2.21. The summed E-state index contributed by atoms with van der Waals surface area (Å²) in [6.07, 6.45) is 17.1. The standard InChI is InChI=1S/C48H39N2S5.BF4/c1-2-51-47-49-50-48(55-47)54-46-40(28-26-34-30-42(36-16-7-3-8-17-36)52-43(31-34)37-18-9-4-10-19-37)24-15-25-41(46)29-27-35-32-44(38-20-11-5-12-21-38)53-45(33-35)39-22-13-6-14-23-39;2-1(3,4)5/h3-14,16-23,26-33H,2,15,24-25H2,1H3;/q+1;-1. The molecule has 0 fully saturated rings. The van der Waals surface area contributed by atoms with Crippen molar-refractivity contribution in [1.29, 1.82) is 0 Å². The monoisotopic (exact) mass is 890 g/mol. The molecule has 0 unspecified atom stereocenters. The molecule has 1 aliphatic heterocycles. The first-order valence-electron chi connectivity index (χ1n) is 19.3. The zero-order valence-corrected chi connectivity index (χ0v) is 36.6. The van der Waals surface area contributed by atoms with Crippen LogP contribution in [0.15, 0.2) is 194 Å². The predicted octanol–water partition coefficient (Wildman–Crippen LogP) is 16.6. The summed E-state index contributed by atoms with van der Waals surface area (Å²) in [6, 6.07) is 47.5. The second-order valence-electron chi connectivity index (χ2n) is 13.5. The Labute approximate surface area is 369 Å². The average molecular weight is 891 g/mol. The molecule has 0 bridgehead atoms. The fourth-order valence-corrected chi connectivity index (χ4v) is 11.9. The predicted molar refractivity (Wildman–Crippen MR) is 254 cm³/mol. The number of allylic oxidation sites excluding steroid dienone is 8. The quantitative estimate of drug-likeness (QED) is 0.0559. The summed E-state index contributed by atoms with van der Waals surface area (Å²) in [6.45, 7) is 2.16. The summed E-state index contributed by atoms with van der Waals surface area (Å²) >= 11 is 8.90. The molecule has 0 saturated carbocycles. The molecule has 2 aromatic heterocycles. The Balaban J connectivity index is 0.00000103. The third-order valence-corrected chi connectivity index (χ3v) is 14.7. The highest BCUT2D eigenvalue weighted by Crippen LogP contribution is 2.46. The van der Waals surface area contributed by atoms with Crippen molar-refractivity contribution in [3.63, 3.8) is 0 Å². The Morgan fingerprint density at radius 3 is 1.67 bits per heavy atom. The molecule has 3 heterocycles. The van der Waals surface area contributed by atoms with Crippen LogP contribution >= 0.6 is 58.0 Å². The number of halogens is 4. The molecule has 0 amide bonds. The number of nitrogens with zero attached hydrogens (tertiary/aromatic N) is 2. The van der Waals surface area contributed by atoms with E-state index < -0.39 is 7.25 Å². The Morgan fingerprint density at radius 2 is 1.15 bits per heavy atom.